The molecule has 2 aromatic rings. The zero-order valence-corrected chi connectivity index (χ0v) is 13.9. The molecule has 11 heteroatoms. The molecule has 4 N–H and O–H groups in total. The van der Waals surface area contributed by atoms with Gasteiger partial charge in [-0.2, -0.15) is 5.10 Å². The van der Waals surface area contributed by atoms with E-state index in [9.17, 15) is 13.2 Å². The number of benzene rings is 1. The molecule has 1 amide bonds. The van der Waals surface area contributed by atoms with E-state index in [4.69, 9.17) is 28.9 Å². The van der Waals surface area contributed by atoms with Crippen LogP contribution >= 0.6 is 39.1 Å². The van der Waals surface area contributed by atoms with Crippen LogP contribution in [0.2, 0.25) is 10.0 Å². The van der Waals surface area contributed by atoms with Gasteiger partial charge in [0.2, 0.25) is 0 Å². The molecule has 7 nitrogen and oxygen atoms in total. The van der Waals surface area contributed by atoms with Gasteiger partial charge in [0.25, 0.3) is 15.9 Å². The van der Waals surface area contributed by atoms with E-state index < -0.39 is 15.9 Å². The number of rotatable bonds is 4. The van der Waals surface area contributed by atoms with Crippen molar-refractivity contribution in [3.8, 4) is 0 Å². The molecule has 0 fully saturated rings. The van der Waals surface area contributed by atoms with Gasteiger partial charge in [0, 0.05) is 10.5 Å². The predicted molar refractivity (Wildman–Crippen MR) is 82.1 cm³/mol. The van der Waals surface area contributed by atoms with Crippen molar-refractivity contribution in [3.05, 3.63) is 38.4 Å². The molecule has 1 aromatic heterocycles. The van der Waals surface area contributed by atoms with Gasteiger partial charge in [0.15, 0.2) is 5.82 Å². The lowest BCUT2D eigenvalue weighted by Crippen LogP contribution is -2.14. The quantitative estimate of drug-likeness (QED) is 0.666. The van der Waals surface area contributed by atoms with Crippen molar-refractivity contribution in [1.29, 1.82) is 0 Å². The number of carbonyl (C=O) groups is 1. The third-order valence-electron chi connectivity index (χ3n) is 2.37. The first-order valence-corrected chi connectivity index (χ1v) is 8.27. The molecule has 0 unspecified atom stereocenters. The number of hydrogen-bond acceptors (Lipinski definition) is 4. The van der Waals surface area contributed by atoms with Gasteiger partial charge in [-0.3, -0.25) is 14.6 Å². The minimum Gasteiger partial charge on any atom is -0.364 e. The molecule has 0 saturated heterocycles. The molecule has 0 atom stereocenters. The van der Waals surface area contributed by atoms with Gasteiger partial charge in [-0.05, 0) is 28.1 Å². The van der Waals surface area contributed by atoms with E-state index in [1.165, 1.54) is 12.1 Å². The van der Waals surface area contributed by atoms with Crippen molar-refractivity contribution >= 4 is 60.9 Å². The molecule has 1 aromatic carbocycles. The van der Waals surface area contributed by atoms with Crippen molar-refractivity contribution in [1.82, 2.24) is 10.2 Å². The van der Waals surface area contributed by atoms with Gasteiger partial charge >= 0.3 is 0 Å². The lowest BCUT2D eigenvalue weighted by Gasteiger charge is -2.09. The van der Waals surface area contributed by atoms with Crippen LogP contribution in [0.25, 0.3) is 0 Å². The average Bonchev–Trinajstić information content (AvgIpc) is 2.83. The first-order valence-electron chi connectivity index (χ1n) is 5.24. The number of anilines is 1. The Bertz CT molecular complexity index is 822. The second-order valence-corrected chi connectivity index (χ2v) is 7.07. The Morgan fingerprint density at radius 3 is 2.57 bits per heavy atom. The van der Waals surface area contributed by atoms with E-state index in [2.05, 4.69) is 30.8 Å². The maximum Gasteiger partial charge on any atom is 0.266 e. The van der Waals surface area contributed by atoms with Crippen LogP contribution < -0.4 is 10.5 Å². The monoisotopic (exact) mass is 412 g/mol. The number of nitrogens with two attached hydrogens (primary N) is 1. The summed E-state index contributed by atoms with van der Waals surface area (Å²) >= 11 is 14.9. The highest BCUT2D eigenvalue weighted by molar-refractivity contribution is 9.10. The lowest BCUT2D eigenvalue weighted by atomic mass is 10.4. The van der Waals surface area contributed by atoms with E-state index in [1.807, 2.05) is 0 Å². The average molecular weight is 414 g/mol. The second-order valence-electron chi connectivity index (χ2n) is 3.81. The van der Waals surface area contributed by atoms with Gasteiger partial charge in [-0.25, -0.2) is 8.42 Å². The number of nitrogens with one attached hydrogen (secondary N) is 2. The number of aromatic nitrogens is 2. The Hall–Kier alpha value is -1.29. The van der Waals surface area contributed by atoms with Crippen LogP contribution in [0.4, 0.5) is 5.82 Å². The summed E-state index contributed by atoms with van der Waals surface area (Å²) in [7, 11) is -4.02. The number of nitrogens with zero attached hydrogens (tertiary/aromatic N) is 1. The van der Waals surface area contributed by atoms with Crippen LogP contribution in [0.1, 0.15) is 10.5 Å². The Balaban J connectivity index is 2.38. The van der Waals surface area contributed by atoms with Crippen molar-refractivity contribution in [2.24, 2.45) is 5.73 Å². The van der Waals surface area contributed by atoms with Crippen molar-refractivity contribution in [3.63, 3.8) is 0 Å². The van der Waals surface area contributed by atoms with Gasteiger partial charge in [0.1, 0.15) is 10.6 Å². The molecular formula is C10H7BrCl2N4O3S. The van der Waals surface area contributed by atoms with Crippen LogP contribution in [0.3, 0.4) is 0 Å². The van der Waals surface area contributed by atoms with Gasteiger partial charge < -0.3 is 5.73 Å². The zero-order chi connectivity index (χ0) is 15.8. The van der Waals surface area contributed by atoms with Crippen molar-refractivity contribution < 1.29 is 13.2 Å². The molecule has 0 radical (unpaired) electrons. The van der Waals surface area contributed by atoms with Gasteiger partial charge in [-0.1, -0.05) is 23.2 Å². The molecule has 21 heavy (non-hydrogen) atoms. The van der Waals surface area contributed by atoms with Crippen molar-refractivity contribution in [2.75, 3.05) is 4.72 Å². The molecule has 0 aliphatic heterocycles. The van der Waals surface area contributed by atoms with Crippen LogP contribution in [0, 0.1) is 0 Å². The number of H-pyrrole nitrogens is 1. The number of amides is 1. The van der Waals surface area contributed by atoms with E-state index in [0.29, 0.717) is 4.47 Å². The SMILES string of the molecule is NC(=O)c1cc(NS(=O)(=O)c2ccc(Br)c(Cl)c2Cl)n[nH]1. The Morgan fingerprint density at radius 2 is 2.00 bits per heavy atom. The Morgan fingerprint density at radius 1 is 1.33 bits per heavy atom. The highest BCUT2D eigenvalue weighted by Crippen LogP contribution is 2.35. The third-order valence-corrected chi connectivity index (χ3v) is 5.65. The van der Waals surface area contributed by atoms with Crippen molar-refractivity contribution in [2.45, 2.75) is 4.90 Å². The molecule has 2 rings (SSSR count). The van der Waals surface area contributed by atoms with E-state index in [0.717, 1.165) is 6.07 Å². The standard InChI is InChI=1S/C10H7BrCl2N4O3S/c11-4-1-2-6(9(13)8(4)12)21(19,20)17-7-3-5(10(14)18)15-16-7/h1-3H,(H2,14,18)(H2,15,16,17). The molecule has 112 valence electrons. The summed E-state index contributed by atoms with van der Waals surface area (Å²) in [5, 5.41) is 5.85. The molecule has 1 heterocycles. The Labute approximate surface area is 138 Å². The molecule has 0 aliphatic carbocycles. The van der Waals surface area contributed by atoms with E-state index >= 15 is 0 Å². The van der Waals surface area contributed by atoms with Crippen LogP contribution in [-0.2, 0) is 10.0 Å². The van der Waals surface area contributed by atoms with Gasteiger partial charge in [-0.15, -0.1) is 0 Å². The van der Waals surface area contributed by atoms with Crippen LogP contribution in [-0.4, -0.2) is 24.5 Å². The fraction of sp³-hybridized carbons (Fsp3) is 0. The number of halogens is 3. The maximum absolute atomic E-state index is 12.2. The summed E-state index contributed by atoms with van der Waals surface area (Å²) in [6.07, 6.45) is 0. The summed E-state index contributed by atoms with van der Waals surface area (Å²) in [4.78, 5) is 10.7. The first-order chi connectivity index (χ1) is 9.72. The molecule has 0 aliphatic rings. The minimum absolute atomic E-state index is 0.0346. The molecule has 0 bridgehead atoms. The normalized spacial score (nSPS) is 11.4. The van der Waals surface area contributed by atoms with Crippen LogP contribution in [0.5, 0.6) is 0 Å². The van der Waals surface area contributed by atoms with E-state index in [1.54, 1.807) is 0 Å². The molecule has 0 saturated carbocycles. The summed E-state index contributed by atoms with van der Waals surface area (Å²) in [5.74, 6) is -0.864. The summed E-state index contributed by atoms with van der Waals surface area (Å²) < 4.78 is 27.1. The fourth-order valence-electron chi connectivity index (χ4n) is 1.41. The van der Waals surface area contributed by atoms with E-state index in [-0.39, 0.29) is 26.5 Å². The molecule has 0 spiro atoms. The lowest BCUT2D eigenvalue weighted by molar-refractivity contribution is 0.0995. The topological polar surface area (TPSA) is 118 Å². The first kappa shape index (κ1) is 16.1. The molecular weight excluding hydrogens is 407 g/mol. The smallest absolute Gasteiger partial charge is 0.266 e. The Kier molecular flexibility index (Phi) is 4.47. The zero-order valence-electron chi connectivity index (χ0n) is 10.0. The second kappa shape index (κ2) is 5.84. The maximum atomic E-state index is 12.2. The summed E-state index contributed by atoms with van der Waals surface area (Å²) in [6, 6.07) is 3.89. The number of primary amides is 1. The summed E-state index contributed by atoms with van der Waals surface area (Å²) in [6.45, 7) is 0. The summed E-state index contributed by atoms with van der Waals surface area (Å²) in [5.41, 5.74) is 5.00. The third kappa shape index (κ3) is 3.31. The highest BCUT2D eigenvalue weighted by atomic mass is 79.9. The number of sulfonamides is 1. The number of aromatic amines is 1. The highest BCUT2D eigenvalue weighted by Gasteiger charge is 2.22. The largest absolute Gasteiger partial charge is 0.364 e. The van der Waals surface area contributed by atoms with Gasteiger partial charge in [0.05, 0.1) is 10.0 Å². The fourth-order valence-corrected chi connectivity index (χ4v) is 3.62. The van der Waals surface area contributed by atoms with Crippen LogP contribution in [0.15, 0.2) is 27.6 Å². The number of carbonyl (C=O) groups excluding carboxylic acids is 1. The minimum atomic E-state index is -4.02. The number of hydrogen-bond donors (Lipinski definition) is 3. The predicted octanol–water partition coefficient (Wildman–Crippen LogP) is 2.38.